The van der Waals surface area contributed by atoms with Crippen LogP contribution in [-0.4, -0.2) is 20.4 Å². The molecule has 0 heterocycles. The van der Waals surface area contributed by atoms with Gasteiger partial charge in [-0.05, 0) is 31.0 Å². The summed E-state index contributed by atoms with van der Waals surface area (Å²) in [5.41, 5.74) is 5.98. The van der Waals surface area contributed by atoms with Crippen LogP contribution in [0.1, 0.15) is 25.8 Å². The summed E-state index contributed by atoms with van der Waals surface area (Å²) in [6.07, 6.45) is 2.28. The van der Waals surface area contributed by atoms with E-state index in [0.29, 0.717) is 17.6 Å². The predicted octanol–water partition coefficient (Wildman–Crippen LogP) is 1.02. The van der Waals surface area contributed by atoms with Gasteiger partial charge in [0.2, 0.25) is 0 Å². The Morgan fingerprint density at radius 1 is 1.23 bits per heavy atom. The SMILES string of the molecule is CCC=C(C)C(=O)NS(=O)(=O)c1ccc(CNC(N)=O)cc1. The van der Waals surface area contributed by atoms with E-state index in [2.05, 4.69) is 5.32 Å². The lowest BCUT2D eigenvalue weighted by atomic mass is 10.2. The maximum atomic E-state index is 12.1. The van der Waals surface area contributed by atoms with Crippen LogP contribution in [0.3, 0.4) is 0 Å². The molecule has 7 nitrogen and oxygen atoms in total. The molecule has 0 aliphatic heterocycles. The number of amides is 3. The number of hydrogen-bond acceptors (Lipinski definition) is 4. The molecule has 0 fully saturated rings. The summed E-state index contributed by atoms with van der Waals surface area (Å²) < 4.78 is 26.2. The third-order valence-electron chi connectivity index (χ3n) is 2.80. The van der Waals surface area contributed by atoms with E-state index in [0.717, 1.165) is 0 Å². The van der Waals surface area contributed by atoms with Crippen molar-refractivity contribution in [2.45, 2.75) is 31.7 Å². The van der Waals surface area contributed by atoms with Crippen molar-refractivity contribution in [1.29, 1.82) is 0 Å². The van der Waals surface area contributed by atoms with Crippen LogP contribution in [0.2, 0.25) is 0 Å². The lowest BCUT2D eigenvalue weighted by molar-refractivity contribution is -0.115. The van der Waals surface area contributed by atoms with Gasteiger partial charge in [0.15, 0.2) is 0 Å². The molecule has 4 N–H and O–H groups in total. The first kappa shape index (κ1) is 17.7. The van der Waals surface area contributed by atoms with Crippen LogP contribution in [0.5, 0.6) is 0 Å². The summed E-state index contributed by atoms with van der Waals surface area (Å²) >= 11 is 0. The highest BCUT2D eigenvalue weighted by molar-refractivity contribution is 7.90. The highest BCUT2D eigenvalue weighted by Gasteiger charge is 2.18. The summed E-state index contributed by atoms with van der Waals surface area (Å²) in [7, 11) is -3.92. The Hall–Kier alpha value is -2.35. The van der Waals surface area contributed by atoms with Crippen molar-refractivity contribution < 1.29 is 18.0 Å². The van der Waals surface area contributed by atoms with E-state index in [-0.39, 0.29) is 11.4 Å². The number of hydrogen-bond donors (Lipinski definition) is 3. The summed E-state index contributed by atoms with van der Waals surface area (Å²) in [5.74, 6) is -0.652. The van der Waals surface area contributed by atoms with E-state index in [1.54, 1.807) is 13.0 Å². The molecule has 120 valence electrons. The fourth-order valence-electron chi connectivity index (χ4n) is 1.64. The molecule has 0 saturated carbocycles. The predicted molar refractivity (Wildman–Crippen MR) is 82.2 cm³/mol. The van der Waals surface area contributed by atoms with E-state index in [1.807, 2.05) is 11.6 Å². The number of rotatable bonds is 6. The standard InChI is InChI=1S/C14H19N3O4S/c1-3-4-10(2)13(18)17-22(20,21)12-7-5-11(6-8-12)9-16-14(15)19/h4-8H,3,9H2,1-2H3,(H,17,18)(H3,15,16,19). The van der Waals surface area contributed by atoms with Gasteiger partial charge in [0.05, 0.1) is 4.90 Å². The number of primary amides is 1. The van der Waals surface area contributed by atoms with Gasteiger partial charge in [-0.3, -0.25) is 4.79 Å². The van der Waals surface area contributed by atoms with Gasteiger partial charge in [-0.15, -0.1) is 0 Å². The highest BCUT2D eigenvalue weighted by Crippen LogP contribution is 2.11. The van der Waals surface area contributed by atoms with Gasteiger partial charge in [-0.1, -0.05) is 25.1 Å². The lowest BCUT2D eigenvalue weighted by Gasteiger charge is -2.08. The third-order valence-corrected chi connectivity index (χ3v) is 4.14. The summed E-state index contributed by atoms with van der Waals surface area (Å²) in [4.78, 5) is 22.3. The quantitative estimate of drug-likeness (QED) is 0.676. The van der Waals surface area contributed by atoms with E-state index >= 15 is 0 Å². The fraction of sp³-hybridized carbons (Fsp3) is 0.286. The third kappa shape index (κ3) is 5.21. The van der Waals surface area contributed by atoms with Gasteiger partial charge < -0.3 is 11.1 Å². The number of urea groups is 1. The first-order valence-corrected chi connectivity index (χ1v) is 8.10. The van der Waals surface area contributed by atoms with Gasteiger partial charge in [0, 0.05) is 12.1 Å². The Morgan fingerprint density at radius 2 is 1.82 bits per heavy atom. The number of nitrogens with one attached hydrogen (secondary N) is 2. The number of allylic oxidation sites excluding steroid dienone is 1. The van der Waals surface area contributed by atoms with Crippen molar-refractivity contribution in [1.82, 2.24) is 10.0 Å². The Balaban J connectivity index is 2.83. The summed E-state index contributed by atoms with van der Waals surface area (Å²) in [6, 6.07) is 5.11. The molecule has 1 aromatic rings. The number of carbonyl (C=O) groups is 2. The minimum atomic E-state index is -3.92. The van der Waals surface area contributed by atoms with Crippen LogP contribution >= 0.6 is 0 Å². The second kappa shape index (κ2) is 7.60. The fourth-order valence-corrected chi connectivity index (χ4v) is 2.65. The smallest absolute Gasteiger partial charge is 0.312 e. The van der Waals surface area contributed by atoms with E-state index < -0.39 is 22.0 Å². The Labute approximate surface area is 129 Å². The summed E-state index contributed by atoms with van der Waals surface area (Å²) in [5, 5.41) is 2.39. The lowest BCUT2D eigenvalue weighted by Crippen LogP contribution is -2.31. The molecule has 1 rings (SSSR count). The zero-order valence-electron chi connectivity index (χ0n) is 12.4. The molecule has 0 aromatic heterocycles. The molecular weight excluding hydrogens is 306 g/mol. The minimum absolute atomic E-state index is 0.0343. The van der Waals surface area contributed by atoms with Crippen LogP contribution in [0, 0.1) is 0 Å². The van der Waals surface area contributed by atoms with Crippen molar-refractivity contribution >= 4 is 22.0 Å². The Morgan fingerprint density at radius 3 is 2.32 bits per heavy atom. The molecule has 0 radical (unpaired) electrons. The molecule has 0 spiro atoms. The molecule has 0 unspecified atom stereocenters. The van der Waals surface area contributed by atoms with Gasteiger partial charge in [-0.2, -0.15) is 0 Å². The molecule has 0 atom stereocenters. The van der Waals surface area contributed by atoms with Crippen molar-refractivity contribution in [2.24, 2.45) is 5.73 Å². The number of carbonyl (C=O) groups excluding carboxylic acids is 2. The molecule has 0 aliphatic rings. The number of nitrogens with two attached hydrogens (primary N) is 1. The van der Waals surface area contributed by atoms with Crippen LogP contribution in [0.25, 0.3) is 0 Å². The second-order valence-corrected chi connectivity index (χ2v) is 6.27. The number of benzene rings is 1. The Kier molecular flexibility index (Phi) is 6.11. The van der Waals surface area contributed by atoms with Crippen molar-refractivity contribution in [3.05, 3.63) is 41.5 Å². The van der Waals surface area contributed by atoms with Gasteiger partial charge >= 0.3 is 6.03 Å². The van der Waals surface area contributed by atoms with E-state index in [9.17, 15) is 18.0 Å². The second-order valence-electron chi connectivity index (χ2n) is 4.59. The normalized spacial score (nSPS) is 11.8. The summed E-state index contributed by atoms with van der Waals surface area (Å²) in [6.45, 7) is 3.59. The average Bonchev–Trinajstić information content (AvgIpc) is 2.45. The van der Waals surface area contributed by atoms with Crippen LogP contribution in [-0.2, 0) is 21.4 Å². The maximum absolute atomic E-state index is 12.1. The average molecular weight is 325 g/mol. The molecule has 0 bridgehead atoms. The molecular formula is C14H19N3O4S. The molecule has 0 aliphatic carbocycles. The van der Waals surface area contributed by atoms with Crippen LogP contribution < -0.4 is 15.8 Å². The Bertz CT molecular complexity index is 679. The number of sulfonamides is 1. The monoisotopic (exact) mass is 325 g/mol. The molecule has 8 heteroatoms. The van der Waals surface area contributed by atoms with E-state index in [1.165, 1.54) is 24.3 Å². The minimum Gasteiger partial charge on any atom is -0.352 e. The molecule has 3 amide bonds. The van der Waals surface area contributed by atoms with E-state index in [4.69, 9.17) is 5.73 Å². The first-order chi connectivity index (χ1) is 10.3. The van der Waals surface area contributed by atoms with Gasteiger partial charge in [-0.25, -0.2) is 17.9 Å². The first-order valence-electron chi connectivity index (χ1n) is 6.62. The van der Waals surface area contributed by atoms with Crippen LogP contribution in [0.4, 0.5) is 4.79 Å². The zero-order valence-corrected chi connectivity index (χ0v) is 13.2. The van der Waals surface area contributed by atoms with Gasteiger partial charge in [0.25, 0.3) is 15.9 Å². The molecule has 1 aromatic carbocycles. The largest absolute Gasteiger partial charge is 0.352 e. The van der Waals surface area contributed by atoms with Crippen molar-refractivity contribution in [3.63, 3.8) is 0 Å². The zero-order chi connectivity index (χ0) is 16.8. The highest BCUT2D eigenvalue weighted by atomic mass is 32.2. The van der Waals surface area contributed by atoms with Crippen molar-refractivity contribution in [3.8, 4) is 0 Å². The maximum Gasteiger partial charge on any atom is 0.312 e. The molecule has 0 saturated heterocycles. The topological polar surface area (TPSA) is 118 Å². The van der Waals surface area contributed by atoms with Gasteiger partial charge in [0.1, 0.15) is 0 Å². The molecule has 22 heavy (non-hydrogen) atoms. The van der Waals surface area contributed by atoms with Crippen molar-refractivity contribution in [2.75, 3.05) is 0 Å². The van der Waals surface area contributed by atoms with Crippen LogP contribution in [0.15, 0.2) is 40.8 Å².